The van der Waals surface area contributed by atoms with Crippen LogP contribution < -0.4 is 0 Å². The van der Waals surface area contributed by atoms with Gasteiger partial charge in [0.05, 0.1) is 6.61 Å². The molecule has 13 heavy (non-hydrogen) atoms. The molecule has 0 heterocycles. The van der Waals surface area contributed by atoms with E-state index in [4.69, 9.17) is 4.74 Å². The van der Waals surface area contributed by atoms with Gasteiger partial charge in [-0.05, 0) is 19.8 Å². The average Bonchev–Trinajstić information content (AvgIpc) is 2.10. The van der Waals surface area contributed by atoms with Crippen molar-refractivity contribution >= 4 is 5.78 Å². The fourth-order valence-electron chi connectivity index (χ4n) is 0.789. The van der Waals surface area contributed by atoms with E-state index in [1.54, 1.807) is 0 Å². The predicted molar refractivity (Wildman–Crippen MR) is 54.7 cm³/mol. The summed E-state index contributed by atoms with van der Waals surface area (Å²) in [6.07, 6.45) is 1.73. The summed E-state index contributed by atoms with van der Waals surface area (Å²) < 4.78 is 5.22. The summed E-state index contributed by atoms with van der Waals surface area (Å²) in [5.74, 6) is 0.328. The van der Waals surface area contributed by atoms with Gasteiger partial charge in [0.25, 0.3) is 0 Å². The Morgan fingerprint density at radius 2 is 2.15 bits per heavy atom. The Morgan fingerprint density at radius 3 is 2.62 bits per heavy atom. The molecule has 0 N–H and O–H groups in total. The Kier molecular flexibility index (Phi) is 6.51. The number of carbonyl (C=O) groups is 1. The van der Waals surface area contributed by atoms with Crippen LogP contribution in [0.4, 0.5) is 0 Å². The summed E-state index contributed by atoms with van der Waals surface area (Å²) in [6.45, 7) is 10.5. The van der Waals surface area contributed by atoms with Crippen molar-refractivity contribution in [3.8, 4) is 0 Å². The highest BCUT2D eigenvalue weighted by Gasteiger charge is 2.09. The van der Waals surface area contributed by atoms with Crippen molar-refractivity contribution in [3.05, 3.63) is 12.2 Å². The van der Waals surface area contributed by atoms with Crippen LogP contribution in [0.15, 0.2) is 12.2 Å². The predicted octanol–water partition coefficient (Wildman–Crippen LogP) is 2.58. The number of Topliss-reactive ketones (excluding diaryl/α,β-unsaturated/α-hetero) is 1. The number of ether oxygens (including phenoxy) is 1. The van der Waals surface area contributed by atoms with Crippen molar-refractivity contribution in [2.75, 3.05) is 13.2 Å². The minimum absolute atomic E-state index is 0.129. The topological polar surface area (TPSA) is 26.3 Å². The number of rotatable bonds is 7. The molecule has 0 bridgehead atoms. The van der Waals surface area contributed by atoms with Crippen LogP contribution in [0.5, 0.6) is 0 Å². The first kappa shape index (κ1) is 12.4. The third kappa shape index (κ3) is 6.52. The fourth-order valence-corrected chi connectivity index (χ4v) is 0.789. The molecule has 0 fully saturated rings. The van der Waals surface area contributed by atoms with Gasteiger partial charge in [-0.2, -0.15) is 0 Å². The molecule has 0 radical (unpaired) electrons. The Balaban J connectivity index is 3.42. The lowest BCUT2D eigenvalue weighted by molar-refractivity contribution is -0.127. The second-order valence-corrected chi connectivity index (χ2v) is 3.54. The molecule has 1 atom stereocenters. The van der Waals surface area contributed by atoms with Crippen LogP contribution in [0.1, 0.15) is 33.6 Å². The number of ketones is 1. The smallest absolute Gasteiger partial charge is 0.161 e. The van der Waals surface area contributed by atoms with E-state index in [1.807, 2.05) is 20.8 Å². The zero-order valence-corrected chi connectivity index (χ0v) is 8.93. The summed E-state index contributed by atoms with van der Waals surface area (Å²) in [5, 5.41) is 0. The fraction of sp³-hybridized carbons (Fsp3) is 0.727. The molecule has 0 aliphatic carbocycles. The van der Waals surface area contributed by atoms with E-state index in [0.717, 1.165) is 18.4 Å². The van der Waals surface area contributed by atoms with Crippen LogP contribution in [0.2, 0.25) is 0 Å². The number of carbonyl (C=O) groups excluding carboxylic acids is 1. The Labute approximate surface area is 81.0 Å². The van der Waals surface area contributed by atoms with Crippen LogP contribution in [-0.4, -0.2) is 19.0 Å². The van der Waals surface area contributed by atoms with Gasteiger partial charge in [-0.25, -0.2) is 0 Å². The van der Waals surface area contributed by atoms with E-state index in [0.29, 0.717) is 6.61 Å². The highest BCUT2D eigenvalue weighted by Crippen LogP contribution is 2.03. The average molecular weight is 184 g/mol. The van der Waals surface area contributed by atoms with Crippen molar-refractivity contribution < 1.29 is 9.53 Å². The third-order valence-electron chi connectivity index (χ3n) is 2.08. The summed E-state index contributed by atoms with van der Waals surface area (Å²) in [5.41, 5.74) is 1.09. The maximum atomic E-state index is 11.3. The Bertz CT molecular complexity index is 173. The zero-order valence-electron chi connectivity index (χ0n) is 8.93. The molecule has 0 saturated heterocycles. The second kappa shape index (κ2) is 6.84. The summed E-state index contributed by atoms with van der Waals surface area (Å²) in [6, 6.07) is 0. The molecule has 0 aliphatic heterocycles. The molecule has 0 amide bonds. The monoisotopic (exact) mass is 184 g/mol. The molecule has 76 valence electrons. The molecule has 0 saturated carbocycles. The van der Waals surface area contributed by atoms with Crippen molar-refractivity contribution in [2.45, 2.75) is 33.6 Å². The molecule has 2 nitrogen and oxygen atoms in total. The van der Waals surface area contributed by atoms with Crippen molar-refractivity contribution in [1.29, 1.82) is 0 Å². The van der Waals surface area contributed by atoms with E-state index < -0.39 is 0 Å². The lowest BCUT2D eigenvalue weighted by Crippen LogP contribution is -2.17. The maximum Gasteiger partial charge on any atom is 0.161 e. The van der Waals surface area contributed by atoms with Gasteiger partial charge in [-0.1, -0.05) is 19.4 Å². The first-order valence-corrected chi connectivity index (χ1v) is 4.82. The molecule has 0 aliphatic rings. The molecule has 2 heteroatoms. The van der Waals surface area contributed by atoms with Gasteiger partial charge in [0, 0.05) is 5.92 Å². The highest BCUT2D eigenvalue weighted by molar-refractivity contribution is 5.81. The van der Waals surface area contributed by atoms with Crippen LogP contribution in [0.3, 0.4) is 0 Å². The van der Waals surface area contributed by atoms with Crippen LogP contribution in [-0.2, 0) is 9.53 Å². The van der Waals surface area contributed by atoms with Crippen LogP contribution in [0, 0.1) is 5.92 Å². The maximum absolute atomic E-state index is 11.3. The molecular weight excluding hydrogens is 164 g/mol. The zero-order chi connectivity index (χ0) is 10.3. The lowest BCUT2D eigenvalue weighted by Gasteiger charge is -2.07. The molecule has 0 spiro atoms. The number of hydrogen-bond donors (Lipinski definition) is 0. The largest absolute Gasteiger partial charge is 0.373 e. The SMILES string of the molecule is C=C(C)CCOCC(=O)C(C)CC. The lowest BCUT2D eigenvalue weighted by atomic mass is 10.1. The molecule has 1 unspecified atom stereocenters. The number of hydrogen-bond acceptors (Lipinski definition) is 2. The van der Waals surface area contributed by atoms with E-state index >= 15 is 0 Å². The molecule has 0 aromatic heterocycles. The normalized spacial score (nSPS) is 12.5. The minimum Gasteiger partial charge on any atom is -0.373 e. The van der Waals surface area contributed by atoms with Gasteiger partial charge in [0.1, 0.15) is 6.61 Å². The van der Waals surface area contributed by atoms with Gasteiger partial charge in [0.2, 0.25) is 0 Å². The summed E-state index contributed by atoms with van der Waals surface area (Å²) in [4.78, 5) is 11.3. The Hall–Kier alpha value is -0.630. The summed E-state index contributed by atoms with van der Waals surface area (Å²) in [7, 11) is 0. The van der Waals surface area contributed by atoms with E-state index in [-0.39, 0.29) is 18.3 Å². The van der Waals surface area contributed by atoms with Crippen molar-refractivity contribution in [1.82, 2.24) is 0 Å². The van der Waals surface area contributed by atoms with Crippen molar-refractivity contribution in [3.63, 3.8) is 0 Å². The van der Waals surface area contributed by atoms with Crippen LogP contribution >= 0.6 is 0 Å². The second-order valence-electron chi connectivity index (χ2n) is 3.54. The quantitative estimate of drug-likeness (QED) is 0.449. The Morgan fingerprint density at radius 1 is 1.54 bits per heavy atom. The highest BCUT2D eigenvalue weighted by atomic mass is 16.5. The van der Waals surface area contributed by atoms with E-state index in [1.165, 1.54) is 0 Å². The van der Waals surface area contributed by atoms with Gasteiger partial charge < -0.3 is 4.74 Å². The van der Waals surface area contributed by atoms with Gasteiger partial charge in [0.15, 0.2) is 5.78 Å². The third-order valence-corrected chi connectivity index (χ3v) is 2.08. The van der Waals surface area contributed by atoms with Gasteiger partial charge in [-0.15, -0.1) is 6.58 Å². The van der Waals surface area contributed by atoms with Gasteiger partial charge in [-0.3, -0.25) is 4.79 Å². The molecule has 0 aromatic rings. The molecule has 0 aromatic carbocycles. The van der Waals surface area contributed by atoms with Crippen molar-refractivity contribution in [2.24, 2.45) is 5.92 Å². The molecular formula is C11H20O2. The first-order chi connectivity index (χ1) is 6.07. The van der Waals surface area contributed by atoms with E-state index in [9.17, 15) is 4.79 Å². The van der Waals surface area contributed by atoms with Gasteiger partial charge >= 0.3 is 0 Å². The van der Waals surface area contributed by atoms with E-state index in [2.05, 4.69) is 6.58 Å². The molecule has 0 rings (SSSR count). The minimum atomic E-state index is 0.129. The first-order valence-electron chi connectivity index (χ1n) is 4.82. The summed E-state index contributed by atoms with van der Waals surface area (Å²) >= 11 is 0. The van der Waals surface area contributed by atoms with Crippen LogP contribution in [0.25, 0.3) is 0 Å². The standard InChI is InChI=1S/C11H20O2/c1-5-10(4)11(12)8-13-7-6-9(2)3/h10H,2,5-8H2,1,3-4H3.